The Morgan fingerprint density at radius 1 is 0.750 bits per heavy atom. The smallest absolute Gasteiger partial charge is 0.337 e. The number of methoxy groups -OCH3 is 1. The topological polar surface area (TPSA) is 78.9 Å². The lowest BCUT2D eigenvalue weighted by atomic mass is 9.76. The van der Waals surface area contributed by atoms with E-state index in [9.17, 15) is 14.4 Å². The molecule has 0 spiro atoms. The second-order valence-electron chi connectivity index (χ2n) is 11.4. The Labute approximate surface area is 262 Å². The van der Waals surface area contributed by atoms with E-state index in [-0.39, 0.29) is 12.8 Å². The van der Waals surface area contributed by atoms with Gasteiger partial charge in [-0.25, -0.2) is 4.79 Å². The average Bonchev–Trinajstić information content (AvgIpc) is 3.04. The van der Waals surface area contributed by atoms with Crippen molar-refractivity contribution in [2.75, 3.05) is 12.9 Å². The van der Waals surface area contributed by atoms with Crippen molar-refractivity contribution < 1.29 is 28.6 Å². The zero-order valence-electron chi connectivity index (χ0n) is 25.2. The molecule has 0 radical (unpaired) electrons. The molecule has 1 aliphatic rings. The minimum Gasteiger partial charge on any atom is -0.465 e. The van der Waals surface area contributed by atoms with Gasteiger partial charge in [-0.2, -0.15) is 0 Å². The van der Waals surface area contributed by atoms with Crippen molar-refractivity contribution >= 4 is 29.7 Å². The molecule has 4 aromatic rings. The van der Waals surface area contributed by atoms with E-state index >= 15 is 0 Å². The molecule has 0 aliphatic carbocycles. The van der Waals surface area contributed by atoms with Crippen LogP contribution in [0.25, 0.3) is 0 Å². The predicted molar refractivity (Wildman–Crippen MR) is 171 cm³/mol. The highest BCUT2D eigenvalue weighted by Crippen LogP contribution is 2.49. The number of rotatable bonds is 11. The normalized spacial score (nSPS) is 15.6. The number of ether oxygens (including phenoxy) is 3. The summed E-state index contributed by atoms with van der Waals surface area (Å²) in [5, 5.41) is 0. The van der Waals surface area contributed by atoms with Crippen LogP contribution in [0.3, 0.4) is 0 Å². The van der Waals surface area contributed by atoms with Crippen LogP contribution in [0.15, 0.2) is 115 Å². The number of carbonyl (C=O) groups is 3. The Morgan fingerprint density at radius 2 is 1.25 bits per heavy atom. The molecule has 226 valence electrons. The zero-order valence-corrected chi connectivity index (χ0v) is 26.0. The van der Waals surface area contributed by atoms with E-state index in [4.69, 9.17) is 14.2 Å². The van der Waals surface area contributed by atoms with Crippen molar-refractivity contribution in [2.24, 2.45) is 5.41 Å². The number of carbonyl (C=O) groups excluding carboxylic acids is 3. The molecule has 5 rings (SSSR count). The minimum absolute atomic E-state index is 0.0391. The lowest BCUT2D eigenvalue weighted by Crippen LogP contribution is -2.55. The van der Waals surface area contributed by atoms with Crippen molar-refractivity contribution in [3.63, 3.8) is 0 Å². The molecule has 0 N–H and O–H groups in total. The summed E-state index contributed by atoms with van der Waals surface area (Å²) in [5.74, 6) is -2.46. The van der Waals surface area contributed by atoms with E-state index in [1.807, 2.05) is 54.6 Å². The summed E-state index contributed by atoms with van der Waals surface area (Å²) in [4.78, 5) is 39.5. The summed E-state index contributed by atoms with van der Waals surface area (Å²) < 4.78 is 15.7. The monoisotopic (exact) mass is 608 g/mol. The summed E-state index contributed by atoms with van der Waals surface area (Å²) in [5.41, 5.74) is 2.83. The third-order valence-electron chi connectivity index (χ3n) is 7.92. The highest BCUT2D eigenvalue weighted by Gasteiger charge is 2.55. The van der Waals surface area contributed by atoms with Crippen LogP contribution in [-0.4, -0.2) is 36.6 Å². The highest BCUT2D eigenvalue weighted by atomic mass is 32.2. The summed E-state index contributed by atoms with van der Waals surface area (Å²) in [6.45, 7) is 3.10. The van der Waals surface area contributed by atoms with Gasteiger partial charge in [0.2, 0.25) is 0 Å². The van der Waals surface area contributed by atoms with Gasteiger partial charge >= 0.3 is 17.9 Å². The summed E-state index contributed by atoms with van der Waals surface area (Å²) >= 11 is 1.77. The first-order chi connectivity index (χ1) is 21.2. The molecule has 0 bridgehead atoms. The quantitative estimate of drug-likeness (QED) is 0.0763. The highest BCUT2D eigenvalue weighted by molar-refractivity contribution is 8.00. The Hall–Kier alpha value is -4.36. The van der Waals surface area contributed by atoms with Gasteiger partial charge in [0, 0.05) is 13.8 Å². The van der Waals surface area contributed by atoms with Crippen LogP contribution in [0.5, 0.6) is 0 Å². The average molecular weight is 609 g/mol. The molecule has 0 amide bonds. The third kappa shape index (κ3) is 6.29. The number of hydrogen-bond acceptors (Lipinski definition) is 7. The predicted octanol–water partition coefficient (Wildman–Crippen LogP) is 7.34. The van der Waals surface area contributed by atoms with Gasteiger partial charge in [-0.05, 0) is 59.4 Å². The Morgan fingerprint density at radius 3 is 1.73 bits per heavy atom. The van der Waals surface area contributed by atoms with Crippen LogP contribution in [0, 0.1) is 5.41 Å². The molecule has 0 unspecified atom stereocenters. The van der Waals surface area contributed by atoms with Crippen LogP contribution in [0.1, 0.15) is 59.3 Å². The fourth-order valence-electron chi connectivity index (χ4n) is 5.83. The fourth-order valence-corrected chi connectivity index (χ4v) is 7.33. The van der Waals surface area contributed by atoms with Gasteiger partial charge in [0.15, 0.2) is 5.41 Å². The Balaban J connectivity index is 1.47. The van der Waals surface area contributed by atoms with E-state index in [2.05, 4.69) is 36.4 Å². The van der Waals surface area contributed by atoms with E-state index in [0.717, 1.165) is 16.7 Å². The summed E-state index contributed by atoms with van der Waals surface area (Å²) in [6, 6.07) is 37.9. The van der Waals surface area contributed by atoms with E-state index in [0.29, 0.717) is 23.3 Å². The summed E-state index contributed by atoms with van der Waals surface area (Å²) in [7, 11) is 1.31. The first-order valence-electron chi connectivity index (χ1n) is 14.6. The second kappa shape index (κ2) is 13.1. The van der Waals surface area contributed by atoms with Crippen molar-refractivity contribution in [3.05, 3.63) is 143 Å². The molecular weight excluding hydrogens is 572 g/mol. The van der Waals surface area contributed by atoms with Crippen molar-refractivity contribution in [1.82, 2.24) is 0 Å². The fraction of sp³-hybridized carbons (Fsp3) is 0.270. The molecule has 0 aromatic heterocycles. The van der Waals surface area contributed by atoms with Crippen molar-refractivity contribution in [3.8, 4) is 0 Å². The van der Waals surface area contributed by atoms with Gasteiger partial charge in [-0.15, -0.1) is 11.8 Å². The maximum absolute atomic E-state index is 13.7. The molecular formula is C37H36O6S. The van der Waals surface area contributed by atoms with Crippen LogP contribution in [-0.2, 0) is 35.0 Å². The molecule has 0 atom stereocenters. The largest absolute Gasteiger partial charge is 0.465 e. The maximum Gasteiger partial charge on any atom is 0.337 e. The number of hydrogen-bond donors (Lipinski definition) is 0. The zero-order chi connectivity index (χ0) is 31.2. The van der Waals surface area contributed by atoms with Crippen LogP contribution in [0.2, 0.25) is 0 Å². The third-order valence-corrected chi connectivity index (χ3v) is 9.55. The molecule has 1 saturated heterocycles. The standard InChI is InChI=1S/C37H36O6S/c1-35(2)42-33(39)36(34(40)43-35,26-27-15-13-16-28(25-27)32(38)41-3)23-14-24-44-37(29-17-7-4-8-18-29,30-19-9-5-10-20-30)31-21-11-6-12-22-31/h4-13,15-22,25H,14,23-24,26H2,1-3H3. The molecule has 4 aromatic carbocycles. The lowest BCUT2D eigenvalue weighted by Gasteiger charge is -2.40. The number of thioether (sulfide) groups is 1. The van der Waals surface area contributed by atoms with Gasteiger partial charge in [0.1, 0.15) is 0 Å². The summed E-state index contributed by atoms with van der Waals surface area (Å²) in [6.07, 6.45) is 0.780. The maximum atomic E-state index is 13.7. The molecule has 44 heavy (non-hydrogen) atoms. The number of benzene rings is 4. The molecule has 1 fully saturated rings. The molecule has 6 nitrogen and oxygen atoms in total. The number of esters is 3. The van der Waals surface area contributed by atoms with E-state index in [1.165, 1.54) is 7.11 Å². The Kier molecular flexibility index (Phi) is 9.25. The molecule has 7 heteroatoms. The molecule has 1 heterocycles. The lowest BCUT2D eigenvalue weighted by molar-refractivity contribution is -0.251. The SMILES string of the molecule is COC(=O)c1cccc(CC2(CCCSC(c3ccccc3)(c3ccccc3)c3ccccc3)C(=O)OC(C)(C)OC2=O)c1. The minimum atomic E-state index is -1.56. The molecule has 0 saturated carbocycles. The van der Waals surface area contributed by atoms with Gasteiger partial charge < -0.3 is 14.2 Å². The second-order valence-corrected chi connectivity index (χ2v) is 12.7. The van der Waals surface area contributed by atoms with Crippen LogP contribution in [0.4, 0.5) is 0 Å². The van der Waals surface area contributed by atoms with E-state index < -0.39 is 33.9 Å². The van der Waals surface area contributed by atoms with Gasteiger partial charge in [0.05, 0.1) is 17.4 Å². The first-order valence-corrected chi connectivity index (χ1v) is 15.6. The Bertz CT molecular complexity index is 1480. The van der Waals surface area contributed by atoms with Gasteiger partial charge in [-0.3, -0.25) is 9.59 Å². The van der Waals surface area contributed by atoms with Crippen molar-refractivity contribution in [2.45, 2.75) is 43.6 Å². The van der Waals surface area contributed by atoms with Crippen LogP contribution < -0.4 is 0 Å². The first kappa shape index (κ1) is 31.1. The van der Waals surface area contributed by atoms with Gasteiger partial charge in [-0.1, -0.05) is 103 Å². The molecule has 1 aliphatic heterocycles. The van der Waals surface area contributed by atoms with E-state index in [1.54, 1.807) is 49.9 Å². The van der Waals surface area contributed by atoms with Gasteiger partial charge in [0.25, 0.3) is 5.79 Å². The number of cyclic esters (lactones) is 2. The van der Waals surface area contributed by atoms with Crippen LogP contribution >= 0.6 is 11.8 Å². The van der Waals surface area contributed by atoms with Crippen molar-refractivity contribution in [1.29, 1.82) is 0 Å².